The van der Waals surface area contributed by atoms with Crippen molar-refractivity contribution < 1.29 is 23.7 Å². The summed E-state index contributed by atoms with van der Waals surface area (Å²) in [6, 6.07) is 0. The predicted molar refractivity (Wildman–Crippen MR) is 59.3 cm³/mol. The summed E-state index contributed by atoms with van der Waals surface area (Å²) in [7, 11) is 1.63. The summed E-state index contributed by atoms with van der Waals surface area (Å²) in [6.07, 6.45) is 1.43. The van der Waals surface area contributed by atoms with Crippen molar-refractivity contribution in [3.05, 3.63) is 11.6 Å². The van der Waals surface area contributed by atoms with E-state index in [-0.39, 0.29) is 30.9 Å². The molecule has 5 heteroatoms. The molecule has 0 N–H and O–H groups in total. The quantitative estimate of drug-likeness (QED) is 0.546. The lowest BCUT2D eigenvalue weighted by Gasteiger charge is -2.20. The molecule has 3 atom stereocenters. The van der Waals surface area contributed by atoms with Crippen LogP contribution >= 0.6 is 0 Å². The Morgan fingerprint density at radius 1 is 1.47 bits per heavy atom. The van der Waals surface area contributed by atoms with E-state index in [1.807, 2.05) is 19.9 Å². The van der Waals surface area contributed by atoms with Crippen molar-refractivity contribution in [1.82, 2.24) is 0 Å². The Bertz CT molecular complexity index is 347. The van der Waals surface area contributed by atoms with E-state index in [4.69, 9.17) is 18.9 Å². The van der Waals surface area contributed by atoms with Crippen molar-refractivity contribution in [2.45, 2.75) is 44.9 Å². The van der Waals surface area contributed by atoms with E-state index in [9.17, 15) is 4.79 Å². The summed E-state index contributed by atoms with van der Waals surface area (Å²) in [6.45, 7) is 5.34. The lowest BCUT2D eigenvalue weighted by atomic mass is 10.1. The molecule has 17 heavy (non-hydrogen) atoms. The van der Waals surface area contributed by atoms with Gasteiger partial charge in [-0.25, -0.2) is 0 Å². The van der Waals surface area contributed by atoms with E-state index in [0.717, 1.165) is 5.57 Å². The van der Waals surface area contributed by atoms with E-state index in [1.54, 1.807) is 7.11 Å². The van der Waals surface area contributed by atoms with E-state index in [0.29, 0.717) is 0 Å². The van der Waals surface area contributed by atoms with Crippen LogP contribution in [0.3, 0.4) is 0 Å². The average molecular weight is 242 g/mol. The van der Waals surface area contributed by atoms with Crippen LogP contribution in [0, 0.1) is 0 Å². The van der Waals surface area contributed by atoms with Gasteiger partial charge >= 0.3 is 5.97 Å². The van der Waals surface area contributed by atoms with Crippen molar-refractivity contribution in [2.75, 3.05) is 13.7 Å². The molecule has 0 saturated carbocycles. The van der Waals surface area contributed by atoms with Gasteiger partial charge in [0.25, 0.3) is 0 Å². The van der Waals surface area contributed by atoms with Gasteiger partial charge in [0.2, 0.25) is 0 Å². The number of carbonyl (C=O) groups excluding carboxylic acids is 1. The van der Waals surface area contributed by atoms with Crippen molar-refractivity contribution in [2.24, 2.45) is 0 Å². The zero-order valence-electron chi connectivity index (χ0n) is 10.6. The lowest BCUT2D eigenvalue weighted by molar-refractivity contribution is -0.155. The summed E-state index contributed by atoms with van der Waals surface area (Å²) in [5.41, 5.74) is 0.905. The molecule has 0 unspecified atom stereocenters. The predicted octanol–water partition coefficient (Wildman–Crippen LogP) is 1.02. The second-order valence-corrected chi connectivity index (χ2v) is 4.74. The van der Waals surface area contributed by atoms with E-state index in [1.165, 1.54) is 6.92 Å². The smallest absolute Gasteiger partial charge is 0.302 e. The fourth-order valence-corrected chi connectivity index (χ4v) is 2.23. The van der Waals surface area contributed by atoms with Gasteiger partial charge < -0.3 is 18.9 Å². The summed E-state index contributed by atoms with van der Waals surface area (Å²) in [5.74, 6) is -0.927. The fraction of sp³-hybridized carbons (Fsp3) is 0.750. The number of esters is 1. The molecule has 0 aromatic heterocycles. The van der Waals surface area contributed by atoms with Crippen molar-refractivity contribution in [1.29, 1.82) is 0 Å². The monoisotopic (exact) mass is 242 g/mol. The van der Waals surface area contributed by atoms with Crippen molar-refractivity contribution in [3.8, 4) is 0 Å². The third kappa shape index (κ3) is 2.51. The zero-order valence-corrected chi connectivity index (χ0v) is 10.6. The molecular weight excluding hydrogens is 224 g/mol. The van der Waals surface area contributed by atoms with Gasteiger partial charge in [-0.15, -0.1) is 0 Å². The highest BCUT2D eigenvalue weighted by Crippen LogP contribution is 2.39. The Balaban J connectivity index is 2.08. The van der Waals surface area contributed by atoms with Gasteiger partial charge in [0.1, 0.15) is 24.9 Å². The molecule has 0 bridgehead atoms. The molecule has 0 spiro atoms. The second-order valence-electron chi connectivity index (χ2n) is 4.74. The molecular formula is C12H18O5. The summed E-state index contributed by atoms with van der Waals surface area (Å²) < 4.78 is 21.9. The molecule has 2 aliphatic rings. The maximum absolute atomic E-state index is 10.8. The number of rotatable bonds is 3. The highest BCUT2D eigenvalue weighted by Gasteiger charge is 2.50. The van der Waals surface area contributed by atoms with E-state index < -0.39 is 5.79 Å². The highest BCUT2D eigenvalue weighted by atomic mass is 16.8. The maximum atomic E-state index is 10.8. The number of hydrogen-bond acceptors (Lipinski definition) is 5. The van der Waals surface area contributed by atoms with Gasteiger partial charge in [0, 0.05) is 14.0 Å². The van der Waals surface area contributed by atoms with Crippen LogP contribution in [-0.2, 0) is 23.7 Å². The summed E-state index contributed by atoms with van der Waals surface area (Å²) >= 11 is 0. The minimum absolute atomic E-state index is 0.146. The van der Waals surface area contributed by atoms with Crippen LogP contribution in [0.4, 0.5) is 0 Å². The SMILES string of the molecule is CO[C@H]1C=C(COC(C)=O)[C@@H]2OC(C)(C)O[C@H]12. The summed E-state index contributed by atoms with van der Waals surface area (Å²) in [5, 5.41) is 0. The molecule has 0 amide bonds. The van der Waals surface area contributed by atoms with E-state index in [2.05, 4.69) is 0 Å². The van der Waals surface area contributed by atoms with Crippen molar-refractivity contribution >= 4 is 5.97 Å². The minimum atomic E-state index is -0.623. The zero-order chi connectivity index (χ0) is 12.6. The standard InChI is InChI=1S/C12H18O5/c1-7(13)15-6-8-5-9(14-4)11-10(8)16-12(2,3)17-11/h5,9-11H,6H2,1-4H3/t9-,10-,11+/m0/s1. The molecule has 2 rings (SSSR count). The first-order chi connectivity index (χ1) is 7.93. The van der Waals surface area contributed by atoms with Crippen LogP contribution in [0.5, 0.6) is 0 Å². The molecule has 1 aliphatic carbocycles. The molecule has 5 nitrogen and oxygen atoms in total. The van der Waals surface area contributed by atoms with Crippen LogP contribution in [0.15, 0.2) is 11.6 Å². The third-order valence-electron chi connectivity index (χ3n) is 2.91. The Kier molecular flexibility index (Phi) is 3.25. The Hall–Kier alpha value is -0.910. The van der Waals surface area contributed by atoms with Crippen LogP contribution in [0.2, 0.25) is 0 Å². The topological polar surface area (TPSA) is 54.0 Å². The van der Waals surface area contributed by atoms with Crippen LogP contribution < -0.4 is 0 Å². The lowest BCUT2D eigenvalue weighted by Crippen LogP contribution is -2.31. The van der Waals surface area contributed by atoms with Gasteiger partial charge in [0.05, 0.1) is 0 Å². The number of hydrogen-bond donors (Lipinski definition) is 0. The molecule has 1 heterocycles. The number of fused-ring (bicyclic) bond motifs is 1. The van der Waals surface area contributed by atoms with Gasteiger partial charge in [0.15, 0.2) is 5.79 Å². The molecule has 0 radical (unpaired) electrons. The first kappa shape index (κ1) is 12.5. The second kappa shape index (κ2) is 4.40. The Labute approximate surface area is 101 Å². The molecule has 0 aromatic rings. The number of ether oxygens (including phenoxy) is 4. The maximum Gasteiger partial charge on any atom is 0.302 e. The Morgan fingerprint density at radius 2 is 2.18 bits per heavy atom. The number of methoxy groups -OCH3 is 1. The van der Waals surface area contributed by atoms with Crippen LogP contribution in [0.25, 0.3) is 0 Å². The van der Waals surface area contributed by atoms with Gasteiger partial charge in [-0.1, -0.05) is 0 Å². The van der Waals surface area contributed by atoms with E-state index >= 15 is 0 Å². The average Bonchev–Trinajstić information content (AvgIpc) is 2.68. The van der Waals surface area contributed by atoms with Crippen LogP contribution in [-0.4, -0.2) is 43.8 Å². The molecule has 96 valence electrons. The molecule has 1 aliphatic heterocycles. The highest BCUT2D eigenvalue weighted by molar-refractivity contribution is 5.66. The normalized spacial score (nSPS) is 34.4. The molecule has 1 fully saturated rings. The van der Waals surface area contributed by atoms with Crippen molar-refractivity contribution in [3.63, 3.8) is 0 Å². The third-order valence-corrected chi connectivity index (χ3v) is 2.91. The first-order valence-corrected chi connectivity index (χ1v) is 5.65. The van der Waals surface area contributed by atoms with Crippen LogP contribution in [0.1, 0.15) is 20.8 Å². The Morgan fingerprint density at radius 3 is 2.76 bits per heavy atom. The fourth-order valence-electron chi connectivity index (χ4n) is 2.23. The van der Waals surface area contributed by atoms with Gasteiger partial charge in [-0.3, -0.25) is 4.79 Å². The largest absolute Gasteiger partial charge is 0.461 e. The molecule has 1 saturated heterocycles. The number of carbonyl (C=O) groups is 1. The minimum Gasteiger partial charge on any atom is -0.461 e. The molecule has 0 aromatic carbocycles. The summed E-state index contributed by atoms with van der Waals surface area (Å²) in [4.78, 5) is 10.8. The van der Waals surface area contributed by atoms with Gasteiger partial charge in [-0.2, -0.15) is 0 Å². The first-order valence-electron chi connectivity index (χ1n) is 5.65. The van der Waals surface area contributed by atoms with Gasteiger partial charge in [-0.05, 0) is 25.5 Å².